The molecule has 0 unspecified atom stereocenters. The number of rotatable bonds is 1. The molecule has 0 spiro atoms. The van der Waals surface area contributed by atoms with Crippen LogP contribution in [0.15, 0.2) is 0 Å². The third-order valence-corrected chi connectivity index (χ3v) is 9.05. The lowest BCUT2D eigenvalue weighted by Gasteiger charge is -2.59. The van der Waals surface area contributed by atoms with Gasteiger partial charge < -0.3 is 0 Å². The van der Waals surface area contributed by atoms with E-state index >= 15 is 0 Å². The van der Waals surface area contributed by atoms with Gasteiger partial charge in [0.15, 0.2) is 0 Å². The van der Waals surface area contributed by atoms with Crippen LogP contribution in [-0.4, -0.2) is 5.78 Å². The van der Waals surface area contributed by atoms with Crippen LogP contribution in [0.1, 0.15) is 85.0 Å². The number of carbonyl (C=O) groups excluding carboxylic acids is 1. The number of hydrogen-bond donors (Lipinski definition) is 0. The van der Waals surface area contributed by atoms with Crippen LogP contribution in [0.25, 0.3) is 0 Å². The predicted molar refractivity (Wildman–Crippen MR) is 90.5 cm³/mol. The van der Waals surface area contributed by atoms with Crippen molar-refractivity contribution in [2.45, 2.75) is 85.0 Å². The summed E-state index contributed by atoms with van der Waals surface area (Å²) in [6, 6.07) is 0. The van der Waals surface area contributed by atoms with E-state index in [-0.39, 0.29) is 0 Å². The molecule has 0 aromatic carbocycles. The fourth-order valence-electron chi connectivity index (χ4n) is 7.88. The molecule has 0 aromatic rings. The van der Waals surface area contributed by atoms with Crippen molar-refractivity contribution < 1.29 is 4.79 Å². The second kappa shape index (κ2) is 5.08. The number of hydrogen-bond acceptors (Lipinski definition) is 1. The molecule has 0 radical (unpaired) electrons. The van der Waals surface area contributed by atoms with Crippen molar-refractivity contribution in [2.75, 3.05) is 0 Å². The maximum Gasteiger partial charge on any atom is 0.136 e. The summed E-state index contributed by atoms with van der Waals surface area (Å²) in [6.45, 7) is 7.46. The van der Waals surface area contributed by atoms with Gasteiger partial charge in [-0.1, -0.05) is 40.0 Å². The maximum absolute atomic E-state index is 12.9. The van der Waals surface area contributed by atoms with E-state index in [2.05, 4.69) is 20.8 Å². The molecule has 4 aliphatic rings. The van der Waals surface area contributed by atoms with Gasteiger partial charge in [-0.2, -0.15) is 0 Å². The first-order chi connectivity index (χ1) is 10.5. The molecule has 0 N–H and O–H groups in total. The number of Topliss-reactive ketones (excluding diaryl/α,β-unsaturated/α-hetero) is 1. The van der Waals surface area contributed by atoms with Crippen LogP contribution in [-0.2, 0) is 4.79 Å². The van der Waals surface area contributed by atoms with Crippen molar-refractivity contribution in [1.29, 1.82) is 0 Å². The Bertz CT molecular complexity index is 469. The molecular formula is C21H34O. The van der Waals surface area contributed by atoms with Crippen molar-refractivity contribution in [3.8, 4) is 0 Å². The van der Waals surface area contributed by atoms with E-state index in [1.54, 1.807) is 0 Å². The largest absolute Gasteiger partial charge is 0.299 e. The second-order valence-corrected chi connectivity index (χ2v) is 9.58. The molecule has 4 saturated carbocycles. The molecule has 0 aliphatic heterocycles. The Morgan fingerprint density at radius 2 is 1.73 bits per heavy atom. The number of ketones is 1. The Labute approximate surface area is 136 Å². The highest BCUT2D eigenvalue weighted by molar-refractivity contribution is 5.83. The van der Waals surface area contributed by atoms with Crippen LogP contribution < -0.4 is 0 Å². The van der Waals surface area contributed by atoms with E-state index in [0.717, 1.165) is 30.1 Å². The Morgan fingerprint density at radius 3 is 2.50 bits per heavy atom. The lowest BCUT2D eigenvalue weighted by atomic mass is 9.44. The zero-order valence-electron chi connectivity index (χ0n) is 14.9. The Morgan fingerprint density at radius 1 is 0.955 bits per heavy atom. The summed E-state index contributed by atoms with van der Waals surface area (Å²) in [5, 5.41) is 0. The summed E-state index contributed by atoms with van der Waals surface area (Å²) >= 11 is 0. The molecule has 0 amide bonds. The van der Waals surface area contributed by atoms with Crippen LogP contribution in [0.5, 0.6) is 0 Å². The molecule has 0 bridgehead atoms. The molecule has 4 rings (SSSR count). The van der Waals surface area contributed by atoms with Crippen LogP contribution in [0.4, 0.5) is 0 Å². The van der Waals surface area contributed by atoms with Crippen molar-refractivity contribution in [1.82, 2.24) is 0 Å². The Hall–Kier alpha value is -0.330. The van der Waals surface area contributed by atoms with E-state index in [1.165, 1.54) is 57.8 Å². The van der Waals surface area contributed by atoms with Crippen LogP contribution >= 0.6 is 0 Å². The third-order valence-electron chi connectivity index (χ3n) is 9.05. The van der Waals surface area contributed by atoms with Crippen LogP contribution in [0.2, 0.25) is 0 Å². The van der Waals surface area contributed by atoms with E-state index in [9.17, 15) is 4.79 Å². The maximum atomic E-state index is 12.9. The Kier molecular flexibility index (Phi) is 3.51. The summed E-state index contributed by atoms with van der Waals surface area (Å²) in [6.07, 6.45) is 13.1. The fourth-order valence-corrected chi connectivity index (χ4v) is 7.88. The first kappa shape index (κ1) is 15.2. The van der Waals surface area contributed by atoms with Crippen LogP contribution in [0, 0.1) is 40.4 Å². The SMILES string of the molecule is CC[C@H]1CC[C@H]2[C@@H]3CC(=O)[C@H]4CCCC[C@]4(C)[C@H]3CC[C@]12C. The quantitative estimate of drug-likeness (QED) is 0.614. The minimum atomic E-state index is 0.351. The predicted octanol–water partition coefficient (Wildman–Crippen LogP) is 5.62. The first-order valence-electron chi connectivity index (χ1n) is 10.0. The van der Waals surface area contributed by atoms with E-state index in [1.807, 2.05) is 0 Å². The zero-order chi connectivity index (χ0) is 15.5. The van der Waals surface area contributed by atoms with Gasteiger partial charge in [-0.15, -0.1) is 0 Å². The average Bonchev–Trinajstić information content (AvgIpc) is 2.84. The van der Waals surface area contributed by atoms with E-state index in [0.29, 0.717) is 22.5 Å². The average molecular weight is 303 g/mol. The fraction of sp³-hybridized carbons (Fsp3) is 0.952. The monoisotopic (exact) mass is 302 g/mol. The smallest absolute Gasteiger partial charge is 0.136 e. The highest BCUT2D eigenvalue weighted by atomic mass is 16.1. The van der Waals surface area contributed by atoms with Gasteiger partial charge in [0.1, 0.15) is 5.78 Å². The highest BCUT2D eigenvalue weighted by Crippen LogP contribution is 2.67. The third kappa shape index (κ3) is 1.86. The summed E-state index contributed by atoms with van der Waals surface area (Å²) in [5.74, 6) is 4.40. The molecule has 1 heteroatoms. The van der Waals surface area contributed by atoms with Crippen molar-refractivity contribution >= 4 is 5.78 Å². The van der Waals surface area contributed by atoms with Gasteiger partial charge in [-0.05, 0) is 73.0 Å². The van der Waals surface area contributed by atoms with Gasteiger partial charge in [0.05, 0.1) is 0 Å². The molecule has 7 atom stereocenters. The Balaban J connectivity index is 1.67. The molecule has 124 valence electrons. The molecule has 4 aliphatic carbocycles. The standard InChI is InChI=1S/C21H34O/c1-4-14-8-9-16-15-13-19(22)18-7-5-6-11-21(18,3)17(15)10-12-20(14,16)2/h14-18H,4-13H2,1-3H3/t14-,15-,16-,17-,18+,20+,21+/m0/s1. The summed E-state index contributed by atoms with van der Waals surface area (Å²) in [7, 11) is 0. The molecule has 1 nitrogen and oxygen atoms in total. The lowest BCUT2D eigenvalue weighted by molar-refractivity contribution is -0.153. The van der Waals surface area contributed by atoms with Gasteiger partial charge in [-0.3, -0.25) is 4.79 Å². The molecule has 0 aromatic heterocycles. The summed E-state index contributed by atoms with van der Waals surface area (Å²) in [4.78, 5) is 12.9. The molecule has 4 fully saturated rings. The minimum absolute atomic E-state index is 0.351. The molecule has 0 heterocycles. The lowest BCUT2D eigenvalue weighted by Crippen LogP contribution is -2.55. The molecule has 0 saturated heterocycles. The number of fused-ring (bicyclic) bond motifs is 5. The van der Waals surface area contributed by atoms with Gasteiger partial charge in [-0.25, -0.2) is 0 Å². The van der Waals surface area contributed by atoms with Crippen molar-refractivity contribution in [3.63, 3.8) is 0 Å². The van der Waals surface area contributed by atoms with E-state index in [4.69, 9.17) is 0 Å². The van der Waals surface area contributed by atoms with Crippen molar-refractivity contribution in [3.05, 3.63) is 0 Å². The summed E-state index contributed by atoms with van der Waals surface area (Å²) in [5.41, 5.74) is 0.901. The first-order valence-corrected chi connectivity index (χ1v) is 10.0. The topological polar surface area (TPSA) is 17.1 Å². The minimum Gasteiger partial charge on any atom is -0.299 e. The van der Waals surface area contributed by atoms with Gasteiger partial charge in [0.2, 0.25) is 0 Å². The van der Waals surface area contributed by atoms with Crippen LogP contribution in [0.3, 0.4) is 0 Å². The summed E-state index contributed by atoms with van der Waals surface area (Å²) < 4.78 is 0. The van der Waals surface area contributed by atoms with Gasteiger partial charge >= 0.3 is 0 Å². The van der Waals surface area contributed by atoms with E-state index < -0.39 is 0 Å². The normalized spacial score (nSPS) is 54.5. The zero-order valence-corrected chi connectivity index (χ0v) is 14.9. The van der Waals surface area contributed by atoms with Crippen molar-refractivity contribution in [2.24, 2.45) is 40.4 Å². The van der Waals surface area contributed by atoms with Gasteiger partial charge in [0, 0.05) is 12.3 Å². The highest BCUT2D eigenvalue weighted by Gasteiger charge is 2.61. The number of carbonyl (C=O) groups is 1. The second-order valence-electron chi connectivity index (χ2n) is 9.58. The van der Waals surface area contributed by atoms with Gasteiger partial charge in [0.25, 0.3) is 0 Å². The molecule has 22 heavy (non-hydrogen) atoms. The molecular weight excluding hydrogens is 268 g/mol.